The predicted molar refractivity (Wildman–Crippen MR) is 68.9 cm³/mol. The zero-order chi connectivity index (χ0) is 13.0. The summed E-state index contributed by atoms with van der Waals surface area (Å²) in [4.78, 5) is 17.0. The number of hydrogen-bond acceptors (Lipinski definition) is 3. The van der Waals surface area contributed by atoms with Crippen molar-refractivity contribution in [3.63, 3.8) is 0 Å². The largest absolute Gasteiger partial charge is 0.478 e. The van der Waals surface area contributed by atoms with Gasteiger partial charge in [0.05, 0.1) is 10.6 Å². The van der Waals surface area contributed by atoms with Crippen molar-refractivity contribution >= 4 is 23.4 Å². The number of aromatic nitrogens is 1. The lowest BCUT2D eigenvalue weighted by Gasteiger charge is -2.23. The van der Waals surface area contributed by atoms with Crippen molar-refractivity contribution in [1.29, 1.82) is 0 Å². The molecule has 94 valence electrons. The standard InChI is InChI=1S/C12H17ClN2O2/c1-4-8(2)7-15(3)11-10(13)9(12(16)17)5-6-14-11/h5-6,8H,4,7H2,1-3H3,(H,16,17). The summed E-state index contributed by atoms with van der Waals surface area (Å²) >= 11 is 6.04. The SMILES string of the molecule is CCC(C)CN(C)c1nccc(C(=O)O)c1Cl. The lowest BCUT2D eigenvalue weighted by atomic mass is 10.1. The second kappa shape index (κ2) is 5.87. The number of carbonyl (C=O) groups is 1. The van der Waals surface area contributed by atoms with E-state index in [1.807, 2.05) is 11.9 Å². The molecule has 0 saturated carbocycles. The molecule has 0 spiro atoms. The van der Waals surface area contributed by atoms with Crippen molar-refractivity contribution < 1.29 is 9.90 Å². The molecule has 4 nitrogen and oxygen atoms in total. The third-order valence-electron chi connectivity index (χ3n) is 2.75. The minimum Gasteiger partial charge on any atom is -0.478 e. The van der Waals surface area contributed by atoms with Crippen molar-refractivity contribution in [3.05, 3.63) is 22.8 Å². The lowest BCUT2D eigenvalue weighted by Crippen LogP contribution is -2.25. The van der Waals surface area contributed by atoms with Gasteiger partial charge in [-0.2, -0.15) is 0 Å². The molecule has 5 heteroatoms. The summed E-state index contributed by atoms with van der Waals surface area (Å²) in [5, 5.41) is 9.17. The predicted octanol–water partition coefficient (Wildman–Crippen LogP) is 2.92. The van der Waals surface area contributed by atoms with Crippen molar-refractivity contribution in [1.82, 2.24) is 4.98 Å². The summed E-state index contributed by atoms with van der Waals surface area (Å²) < 4.78 is 0. The van der Waals surface area contributed by atoms with Gasteiger partial charge in [0.25, 0.3) is 0 Å². The summed E-state index contributed by atoms with van der Waals surface area (Å²) in [5.74, 6) is -0.00573. The number of rotatable bonds is 5. The van der Waals surface area contributed by atoms with Crippen LogP contribution in [0.5, 0.6) is 0 Å². The van der Waals surface area contributed by atoms with Crippen molar-refractivity contribution in [2.24, 2.45) is 5.92 Å². The lowest BCUT2D eigenvalue weighted by molar-refractivity contribution is 0.0697. The van der Waals surface area contributed by atoms with E-state index in [0.29, 0.717) is 11.7 Å². The summed E-state index contributed by atoms with van der Waals surface area (Å²) in [6.07, 6.45) is 2.53. The first-order valence-electron chi connectivity index (χ1n) is 5.56. The Bertz CT molecular complexity index is 409. The van der Waals surface area contributed by atoms with Gasteiger partial charge in [-0.1, -0.05) is 31.9 Å². The Morgan fingerprint density at radius 1 is 1.65 bits per heavy atom. The van der Waals surface area contributed by atoms with Gasteiger partial charge >= 0.3 is 5.97 Å². The number of carboxylic acid groups (broad SMARTS) is 1. The van der Waals surface area contributed by atoms with Crippen LogP contribution in [0.25, 0.3) is 0 Å². The van der Waals surface area contributed by atoms with Crippen molar-refractivity contribution in [3.8, 4) is 0 Å². The summed E-state index contributed by atoms with van der Waals surface area (Å²) in [6, 6.07) is 1.41. The number of pyridine rings is 1. The average molecular weight is 257 g/mol. The molecular formula is C12H17ClN2O2. The molecule has 0 amide bonds. The Kier molecular flexibility index (Phi) is 4.75. The highest BCUT2D eigenvalue weighted by atomic mass is 35.5. The molecule has 1 heterocycles. The Morgan fingerprint density at radius 3 is 2.82 bits per heavy atom. The third kappa shape index (κ3) is 3.33. The topological polar surface area (TPSA) is 53.4 Å². The van der Waals surface area contributed by atoms with Crippen LogP contribution < -0.4 is 4.90 Å². The van der Waals surface area contributed by atoms with Crippen LogP contribution in [0.1, 0.15) is 30.6 Å². The Balaban J connectivity index is 2.98. The monoisotopic (exact) mass is 256 g/mol. The minimum absolute atomic E-state index is 0.0904. The Hall–Kier alpha value is -1.29. The van der Waals surface area contributed by atoms with Gasteiger partial charge in [-0.15, -0.1) is 0 Å². The first-order valence-corrected chi connectivity index (χ1v) is 5.94. The molecule has 0 aliphatic heterocycles. The maximum atomic E-state index is 10.9. The van der Waals surface area contributed by atoms with Gasteiger partial charge in [0.15, 0.2) is 0 Å². The molecule has 0 radical (unpaired) electrons. The van der Waals surface area contributed by atoms with Gasteiger partial charge < -0.3 is 10.0 Å². The van der Waals surface area contributed by atoms with E-state index in [-0.39, 0.29) is 10.6 Å². The smallest absolute Gasteiger partial charge is 0.337 e. The zero-order valence-corrected chi connectivity index (χ0v) is 11.0. The highest BCUT2D eigenvalue weighted by Crippen LogP contribution is 2.26. The van der Waals surface area contributed by atoms with Gasteiger partial charge in [0.1, 0.15) is 5.82 Å². The van der Waals surface area contributed by atoms with E-state index in [9.17, 15) is 4.79 Å². The molecule has 1 aromatic rings. The van der Waals surface area contributed by atoms with E-state index in [1.165, 1.54) is 12.3 Å². The van der Waals surface area contributed by atoms with Gasteiger partial charge in [-0.05, 0) is 12.0 Å². The van der Waals surface area contributed by atoms with Gasteiger partial charge in [0, 0.05) is 19.8 Å². The van der Waals surface area contributed by atoms with Crippen LogP contribution in [0.3, 0.4) is 0 Å². The molecule has 1 aromatic heterocycles. The molecule has 0 aliphatic carbocycles. The molecule has 0 bridgehead atoms. The fourth-order valence-electron chi connectivity index (χ4n) is 1.55. The number of halogens is 1. The number of anilines is 1. The van der Waals surface area contributed by atoms with Crippen LogP contribution in [0, 0.1) is 5.92 Å². The fourth-order valence-corrected chi connectivity index (χ4v) is 1.88. The van der Waals surface area contributed by atoms with Gasteiger partial charge in [-0.3, -0.25) is 0 Å². The zero-order valence-electron chi connectivity index (χ0n) is 10.3. The molecule has 1 rings (SSSR count). The number of nitrogens with zero attached hydrogens (tertiary/aromatic N) is 2. The van der Waals surface area contributed by atoms with Crippen LogP contribution >= 0.6 is 11.6 Å². The number of aromatic carboxylic acids is 1. The van der Waals surface area contributed by atoms with Crippen molar-refractivity contribution in [2.75, 3.05) is 18.5 Å². The summed E-state index contributed by atoms with van der Waals surface area (Å²) in [7, 11) is 1.87. The van der Waals surface area contributed by atoms with Gasteiger partial charge in [-0.25, -0.2) is 9.78 Å². The third-order valence-corrected chi connectivity index (χ3v) is 3.12. The van der Waals surface area contributed by atoms with Crippen LogP contribution in [-0.2, 0) is 0 Å². The summed E-state index contributed by atoms with van der Waals surface area (Å²) in [6.45, 7) is 5.04. The van der Waals surface area contributed by atoms with E-state index in [1.54, 1.807) is 0 Å². The normalized spacial score (nSPS) is 12.2. The number of carboxylic acids is 1. The Morgan fingerprint density at radius 2 is 2.29 bits per heavy atom. The maximum absolute atomic E-state index is 10.9. The second-order valence-electron chi connectivity index (χ2n) is 4.20. The molecule has 1 N–H and O–H groups in total. The quantitative estimate of drug-likeness (QED) is 0.880. The van der Waals surface area contributed by atoms with Crippen LogP contribution in [0.4, 0.5) is 5.82 Å². The first kappa shape index (κ1) is 13.8. The molecule has 1 atom stereocenters. The molecule has 1 unspecified atom stereocenters. The second-order valence-corrected chi connectivity index (χ2v) is 4.57. The summed E-state index contributed by atoms with van der Waals surface area (Å²) in [5.41, 5.74) is 0.0904. The molecule has 0 saturated heterocycles. The highest BCUT2D eigenvalue weighted by Gasteiger charge is 2.16. The van der Waals surface area contributed by atoms with Gasteiger partial charge in [0.2, 0.25) is 0 Å². The van der Waals surface area contributed by atoms with E-state index < -0.39 is 5.97 Å². The maximum Gasteiger partial charge on any atom is 0.337 e. The van der Waals surface area contributed by atoms with E-state index >= 15 is 0 Å². The highest BCUT2D eigenvalue weighted by molar-refractivity contribution is 6.35. The van der Waals surface area contributed by atoms with E-state index in [2.05, 4.69) is 18.8 Å². The van der Waals surface area contributed by atoms with Crippen LogP contribution in [-0.4, -0.2) is 29.7 Å². The number of hydrogen-bond donors (Lipinski definition) is 1. The van der Waals surface area contributed by atoms with Crippen LogP contribution in [0.2, 0.25) is 5.02 Å². The van der Waals surface area contributed by atoms with Crippen LogP contribution in [0.15, 0.2) is 12.3 Å². The molecule has 0 aliphatic rings. The van der Waals surface area contributed by atoms with E-state index in [4.69, 9.17) is 16.7 Å². The first-order chi connectivity index (χ1) is 7.97. The van der Waals surface area contributed by atoms with E-state index in [0.717, 1.165) is 13.0 Å². The fraction of sp³-hybridized carbons (Fsp3) is 0.500. The molecule has 0 aromatic carbocycles. The molecular weight excluding hydrogens is 240 g/mol. The average Bonchev–Trinajstić information content (AvgIpc) is 2.28. The molecule has 0 fully saturated rings. The Labute approximate surface area is 106 Å². The van der Waals surface area contributed by atoms with Crippen molar-refractivity contribution in [2.45, 2.75) is 20.3 Å². The molecule has 17 heavy (non-hydrogen) atoms. The minimum atomic E-state index is -1.03.